The highest BCUT2D eigenvalue weighted by molar-refractivity contribution is 5.76. The molecule has 1 aromatic rings. The van der Waals surface area contributed by atoms with E-state index in [1.54, 1.807) is 12.1 Å². The molecule has 5 heteroatoms. The maximum absolute atomic E-state index is 11.8. The molecule has 0 aliphatic carbocycles. The van der Waals surface area contributed by atoms with E-state index in [1.807, 2.05) is 12.1 Å². The topological polar surface area (TPSA) is 74.2 Å². The summed E-state index contributed by atoms with van der Waals surface area (Å²) in [5.74, 6) is -0.0314. The molecule has 1 heterocycles. The third-order valence-electron chi connectivity index (χ3n) is 2.96. The van der Waals surface area contributed by atoms with Crippen LogP contribution in [-0.4, -0.2) is 31.7 Å². The summed E-state index contributed by atoms with van der Waals surface area (Å²) in [5.41, 5.74) is 1.53. The van der Waals surface area contributed by atoms with E-state index in [2.05, 4.69) is 16.7 Å². The van der Waals surface area contributed by atoms with E-state index in [0.717, 1.165) is 18.7 Å². The van der Waals surface area contributed by atoms with Crippen LogP contribution in [-0.2, 0) is 16.1 Å². The lowest BCUT2D eigenvalue weighted by molar-refractivity contribution is -0.124. The molecule has 1 atom stereocenters. The van der Waals surface area contributed by atoms with Crippen molar-refractivity contribution in [2.24, 2.45) is 0 Å². The minimum absolute atomic E-state index is 0.0314. The summed E-state index contributed by atoms with van der Waals surface area (Å²) >= 11 is 0. The monoisotopic (exact) mass is 259 g/mol. The number of rotatable bonds is 4. The van der Waals surface area contributed by atoms with Gasteiger partial charge in [0.2, 0.25) is 5.91 Å². The van der Waals surface area contributed by atoms with Crippen molar-refractivity contribution < 1.29 is 9.53 Å². The van der Waals surface area contributed by atoms with Crippen molar-refractivity contribution in [2.75, 3.05) is 19.7 Å². The molecule has 1 amide bonds. The fourth-order valence-electron chi connectivity index (χ4n) is 1.98. The highest BCUT2D eigenvalue weighted by atomic mass is 16.5. The Morgan fingerprint density at radius 1 is 1.58 bits per heavy atom. The van der Waals surface area contributed by atoms with Crippen LogP contribution in [0.4, 0.5) is 0 Å². The van der Waals surface area contributed by atoms with Crippen molar-refractivity contribution in [3.63, 3.8) is 0 Å². The average Bonchev–Trinajstić information content (AvgIpc) is 2.46. The quantitative estimate of drug-likeness (QED) is 0.828. The van der Waals surface area contributed by atoms with Crippen LogP contribution in [0.2, 0.25) is 0 Å². The number of carbonyl (C=O) groups is 1. The average molecular weight is 259 g/mol. The minimum Gasteiger partial charge on any atom is -0.375 e. The van der Waals surface area contributed by atoms with Crippen LogP contribution in [0.1, 0.15) is 17.5 Å². The summed E-state index contributed by atoms with van der Waals surface area (Å²) in [5, 5.41) is 14.8. The molecule has 0 spiro atoms. The molecule has 1 aliphatic rings. The summed E-state index contributed by atoms with van der Waals surface area (Å²) in [7, 11) is 0. The normalized spacial score (nSPS) is 18.6. The molecular weight excluding hydrogens is 242 g/mol. The lowest BCUT2D eigenvalue weighted by atomic mass is 10.1. The molecule has 2 N–H and O–H groups in total. The van der Waals surface area contributed by atoms with Gasteiger partial charge >= 0.3 is 0 Å². The van der Waals surface area contributed by atoms with Crippen LogP contribution in [0.3, 0.4) is 0 Å². The number of hydrogen-bond acceptors (Lipinski definition) is 4. The van der Waals surface area contributed by atoms with Gasteiger partial charge < -0.3 is 15.4 Å². The number of nitriles is 1. The van der Waals surface area contributed by atoms with Gasteiger partial charge in [-0.3, -0.25) is 4.79 Å². The number of ether oxygens (including phenoxy) is 1. The molecule has 1 saturated heterocycles. The maximum Gasteiger partial charge on any atom is 0.222 e. The highest BCUT2D eigenvalue weighted by Crippen LogP contribution is 2.05. The van der Waals surface area contributed by atoms with Crippen molar-refractivity contribution in [1.29, 1.82) is 5.26 Å². The van der Waals surface area contributed by atoms with Crippen molar-refractivity contribution in [3.8, 4) is 6.07 Å². The number of morpholine rings is 1. The Hall–Kier alpha value is -1.90. The Labute approximate surface area is 112 Å². The van der Waals surface area contributed by atoms with Crippen LogP contribution < -0.4 is 10.6 Å². The Bertz CT molecular complexity index is 476. The van der Waals surface area contributed by atoms with Crippen LogP contribution in [0.25, 0.3) is 0 Å². The maximum atomic E-state index is 11.8. The van der Waals surface area contributed by atoms with E-state index >= 15 is 0 Å². The van der Waals surface area contributed by atoms with E-state index in [0.29, 0.717) is 25.1 Å². The standard InChI is InChI=1S/C14H17N3O2/c15-8-11-2-1-3-12(6-11)9-17-14(18)7-13-10-16-4-5-19-13/h1-3,6,13,16H,4-5,7,9-10H2,(H,17,18). The van der Waals surface area contributed by atoms with Crippen LogP contribution in [0.15, 0.2) is 24.3 Å². The minimum atomic E-state index is -0.0424. The third kappa shape index (κ3) is 4.36. The first-order valence-corrected chi connectivity index (χ1v) is 6.36. The van der Waals surface area contributed by atoms with Gasteiger partial charge in [0.25, 0.3) is 0 Å². The van der Waals surface area contributed by atoms with Gasteiger partial charge in [-0.05, 0) is 17.7 Å². The summed E-state index contributed by atoms with van der Waals surface area (Å²) in [6.07, 6.45) is 0.324. The number of benzene rings is 1. The SMILES string of the molecule is N#Cc1cccc(CNC(=O)CC2CNCCO2)c1. The zero-order valence-corrected chi connectivity index (χ0v) is 10.7. The zero-order valence-electron chi connectivity index (χ0n) is 10.7. The van der Waals surface area contributed by atoms with Gasteiger partial charge in [0, 0.05) is 19.6 Å². The first-order valence-electron chi connectivity index (χ1n) is 6.36. The second kappa shape index (κ2) is 6.88. The van der Waals surface area contributed by atoms with Crippen LogP contribution >= 0.6 is 0 Å². The van der Waals surface area contributed by atoms with Gasteiger partial charge in [-0.25, -0.2) is 0 Å². The summed E-state index contributed by atoms with van der Waals surface area (Å²) in [4.78, 5) is 11.8. The molecule has 100 valence electrons. The summed E-state index contributed by atoms with van der Waals surface area (Å²) in [6.45, 7) is 2.66. The molecule has 1 aromatic carbocycles. The van der Waals surface area contributed by atoms with Crippen molar-refractivity contribution in [2.45, 2.75) is 19.1 Å². The summed E-state index contributed by atoms with van der Waals surface area (Å²) in [6, 6.07) is 9.30. The van der Waals surface area contributed by atoms with E-state index in [1.165, 1.54) is 0 Å². The Morgan fingerprint density at radius 3 is 3.21 bits per heavy atom. The zero-order chi connectivity index (χ0) is 13.5. The molecule has 0 aromatic heterocycles. The van der Waals surface area contributed by atoms with Crippen LogP contribution in [0, 0.1) is 11.3 Å². The van der Waals surface area contributed by atoms with Gasteiger partial charge in [0.1, 0.15) is 0 Å². The molecule has 19 heavy (non-hydrogen) atoms. The molecule has 0 saturated carbocycles. The van der Waals surface area contributed by atoms with Crippen molar-refractivity contribution >= 4 is 5.91 Å². The van der Waals surface area contributed by atoms with Gasteiger partial charge in [-0.2, -0.15) is 5.26 Å². The molecule has 1 unspecified atom stereocenters. The molecule has 0 bridgehead atoms. The Balaban J connectivity index is 1.78. The number of hydrogen-bond donors (Lipinski definition) is 2. The summed E-state index contributed by atoms with van der Waals surface area (Å²) < 4.78 is 5.47. The second-order valence-corrected chi connectivity index (χ2v) is 4.49. The molecule has 0 radical (unpaired) electrons. The van der Waals surface area contributed by atoms with E-state index in [-0.39, 0.29) is 12.0 Å². The van der Waals surface area contributed by atoms with E-state index in [9.17, 15) is 4.79 Å². The molecule has 2 rings (SSSR count). The Kier molecular flexibility index (Phi) is 4.90. The molecule has 1 aliphatic heterocycles. The lowest BCUT2D eigenvalue weighted by Gasteiger charge is -2.23. The largest absolute Gasteiger partial charge is 0.375 e. The molecule has 5 nitrogen and oxygen atoms in total. The molecular formula is C14H17N3O2. The predicted molar refractivity (Wildman–Crippen MR) is 70.2 cm³/mol. The number of carbonyl (C=O) groups excluding carboxylic acids is 1. The first kappa shape index (κ1) is 13.5. The first-order chi connectivity index (χ1) is 9.28. The lowest BCUT2D eigenvalue weighted by Crippen LogP contribution is -2.41. The number of nitrogens with one attached hydrogen (secondary N) is 2. The fourth-order valence-corrected chi connectivity index (χ4v) is 1.98. The smallest absolute Gasteiger partial charge is 0.222 e. The highest BCUT2D eigenvalue weighted by Gasteiger charge is 2.16. The number of amides is 1. The van der Waals surface area contributed by atoms with E-state index < -0.39 is 0 Å². The second-order valence-electron chi connectivity index (χ2n) is 4.49. The predicted octanol–water partition coefficient (Wildman–Crippen LogP) is 0.553. The molecule has 1 fully saturated rings. The van der Waals surface area contributed by atoms with Crippen molar-refractivity contribution in [1.82, 2.24) is 10.6 Å². The third-order valence-corrected chi connectivity index (χ3v) is 2.96. The number of nitrogens with zero attached hydrogens (tertiary/aromatic N) is 1. The fraction of sp³-hybridized carbons (Fsp3) is 0.429. The van der Waals surface area contributed by atoms with Gasteiger partial charge in [0.15, 0.2) is 0 Å². The van der Waals surface area contributed by atoms with Crippen LogP contribution in [0.5, 0.6) is 0 Å². The van der Waals surface area contributed by atoms with Gasteiger partial charge in [-0.15, -0.1) is 0 Å². The van der Waals surface area contributed by atoms with Gasteiger partial charge in [-0.1, -0.05) is 12.1 Å². The van der Waals surface area contributed by atoms with Gasteiger partial charge in [0.05, 0.1) is 30.8 Å². The van der Waals surface area contributed by atoms with E-state index in [4.69, 9.17) is 10.00 Å². The van der Waals surface area contributed by atoms with Crippen molar-refractivity contribution in [3.05, 3.63) is 35.4 Å². The Morgan fingerprint density at radius 2 is 2.47 bits per heavy atom.